The Morgan fingerprint density at radius 2 is 1.54 bits per heavy atom. The van der Waals surface area contributed by atoms with E-state index in [2.05, 4.69) is 9.97 Å². The smallest absolute Gasteiger partial charge is 0.286 e. The normalized spacial score (nSPS) is 10.7. The van der Waals surface area contributed by atoms with E-state index in [0.29, 0.717) is 12.8 Å². The van der Waals surface area contributed by atoms with Crippen molar-refractivity contribution in [3.05, 3.63) is 95.9 Å². The van der Waals surface area contributed by atoms with Gasteiger partial charge in [-0.1, -0.05) is 54.6 Å². The van der Waals surface area contributed by atoms with Crippen LogP contribution in [0, 0.1) is 0 Å². The molecule has 1 amide bonds. The molecule has 0 aliphatic rings. The van der Waals surface area contributed by atoms with Crippen LogP contribution in [0.15, 0.2) is 78.9 Å². The lowest BCUT2D eigenvalue weighted by Gasteiger charge is -2.12. The lowest BCUT2D eigenvalue weighted by molar-refractivity contribution is 0.0990. The predicted octanol–water partition coefficient (Wildman–Crippen LogP) is 4.31. The molecular weight excluding hydrogens is 350 g/mol. The van der Waals surface area contributed by atoms with Gasteiger partial charge in [-0.2, -0.15) is 0 Å². The number of aryl methyl sites for hydroxylation is 2. The lowest BCUT2D eigenvalue weighted by Crippen LogP contribution is -2.16. The Hall–Kier alpha value is -3.73. The van der Waals surface area contributed by atoms with Crippen LogP contribution in [0.5, 0.6) is 11.5 Å². The van der Waals surface area contributed by atoms with Crippen molar-refractivity contribution in [3.8, 4) is 11.5 Å². The summed E-state index contributed by atoms with van der Waals surface area (Å²) in [6.07, 6.45) is 1.35. The van der Waals surface area contributed by atoms with Gasteiger partial charge < -0.3 is 10.5 Å². The number of ether oxygens (including phenoxy) is 1. The third-order valence-corrected chi connectivity index (χ3v) is 4.48. The van der Waals surface area contributed by atoms with Gasteiger partial charge in [0.05, 0.1) is 11.2 Å². The SMILES string of the molecule is NC(=O)c1nc(CCc2ccccc2Oc2ccccc2)c2ccccc2n1. The number of fused-ring (bicyclic) bond motifs is 1. The Morgan fingerprint density at radius 3 is 2.36 bits per heavy atom. The molecular formula is C23H19N3O2. The monoisotopic (exact) mass is 369 g/mol. The third kappa shape index (κ3) is 3.83. The Bertz CT molecular complexity index is 1130. The fourth-order valence-corrected chi connectivity index (χ4v) is 3.12. The maximum Gasteiger partial charge on any atom is 0.286 e. The van der Waals surface area contributed by atoms with Crippen LogP contribution in [-0.2, 0) is 12.8 Å². The minimum atomic E-state index is -0.625. The Balaban J connectivity index is 1.63. The molecule has 2 N–H and O–H groups in total. The first kappa shape index (κ1) is 17.7. The maximum atomic E-state index is 11.6. The summed E-state index contributed by atoms with van der Waals surface area (Å²) in [7, 11) is 0. The van der Waals surface area contributed by atoms with E-state index >= 15 is 0 Å². The van der Waals surface area contributed by atoms with E-state index in [-0.39, 0.29) is 5.82 Å². The number of aromatic nitrogens is 2. The van der Waals surface area contributed by atoms with E-state index in [1.54, 1.807) is 0 Å². The van der Waals surface area contributed by atoms with Crippen molar-refractivity contribution in [1.82, 2.24) is 9.97 Å². The number of nitrogens with zero attached hydrogens (tertiary/aromatic N) is 2. The van der Waals surface area contributed by atoms with Gasteiger partial charge in [-0.25, -0.2) is 9.97 Å². The zero-order valence-corrected chi connectivity index (χ0v) is 15.2. The second kappa shape index (κ2) is 7.88. The summed E-state index contributed by atoms with van der Waals surface area (Å²) in [5.74, 6) is 1.02. The summed E-state index contributed by atoms with van der Waals surface area (Å²) in [4.78, 5) is 20.3. The third-order valence-electron chi connectivity index (χ3n) is 4.48. The van der Waals surface area contributed by atoms with E-state index < -0.39 is 5.91 Å². The predicted molar refractivity (Wildman–Crippen MR) is 108 cm³/mol. The van der Waals surface area contributed by atoms with Crippen LogP contribution < -0.4 is 10.5 Å². The number of nitrogens with two attached hydrogens (primary N) is 1. The van der Waals surface area contributed by atoms with Gasteiger partial charge in [-0.15, -0.1) is 0 Å². The molecule has 138 valence electrons. The Morgan fingerprint density at radius 1 is 0.821 bits per heavy atom. The van der Waals surface area contributed by atoms with Gasteiger partial charge in [-0.3, -0.25) is 4.79 Å². The second-order valence-corrected chi connectivity index (χ2v) is 6.40. The molecule has 0 bridgehead atoms. The summed E-state index contributed by atoms with van der Waals surface area (Å²) >= 11 is 0. The standard InChI is InChI=1S/C23H19N3O2/c24-22(27)23-25-19-12-6-5-11-18(19)20(26-23)15-14-16-8-4-7-13-21(16)28-17-9-2-1-3-10-17/h1-13H,14-15H2,(H2,24,27). The van der Waals surface area contributed by atoms with Crippen molar-refractivity contribution in [2.45, 2.75) is 12.8 Å². The second-order valence-electron chi connectivity index (χ2n) is 6.40. The van der Waals surface area contributed by atoms with Crippen LogP contribution in [0.1, 0.15) is 21.9 Å². The number of para-hydroxylation sites is 3. The molecule has 0 spiro atoms. The van der Waals surface area contributed by atoms with Gasteiger partial charge in [0.1, 0.15) is 11.5 Å². The minimum Gasteiger partial charge on any atom is -0.457 e. The molecule has 3 aromatic carbocycles. The summed E-state index contributed by atoms with van der Waals surface area (Å²) in [5.41, 5.74) is 7.99. The van der Waals surface area contributed by atoms with Crippen LogP contribution in [0.4, 0.5) is 0 Å². The van der Waals surface area contributed by atoms with E-state index in [4.69, 9.17) is 10.5 Å². The van der Waals surface area contributed by atoms with Crippen LogP contribution in [-0.4, -0.2) is 15.9 Å². The van der Waals surface area contributed by atoms with Crippen LogP contribution >= 0.6 is 0 Å². The molecule has 1 aromatic heterocycles. The molecule has 28 heavy (non-hydrogen) atoms. The average molecular weight is 369 g/mol. The van der Waals surface area contributed by atoms with E-state index in [1.165, 1.54) is 0 Å². The summed E-state index contributed by atoms with van der Waals surface area (Å²) in [6, 6.07) is 25.3. The van der Waals surface area contributed by atoms with Crippen LogP contribution in [0.25, 0.3) is 10.9 Å². The summed E-state index contributed by atoms with van der Waals surface area (Å²) in [5, 5.41) is 0.925. The summed E-state index contributed by atoms with van der Waals surface area (Å²) < 4.78 is 6.04. The van der Waals surface area contributed by atoms with Crippen molar-refractivity contribution < 1.29 is 9.53 Å². The number of rotatable bonds is 6. The van der Waals surface area contributed by atoms with Crippen molar-refractivity contribution in [1.29, 1.82) is 0 Å². The quantitative estimate of drug-likeness (QED) is 0.549. The number of benzene rings is 3. The van der Waals surface area contributed by atoms with Crippen molar-refractivity contribution in [3.63, 3.8) is 0 Å². The van der Waals surface area contributed by atoms with E-state index in [9.17, 15) is 4.79 Å². The zero-order valence-electron chi connectivity index (χ0n) is 15.2. The van der Waals surface area contributed by atoms with Crippen molar-refractivity contribution in [2.75, 3.05) is 0 Å². The first-order valence-corrected chi connectivity index (χ1v) is 9.07. The number of primary amides is 1. The summed E-state index contributed by atoms with van der Waals surface area (Å²) in [6.45, 7) is 0. The largest absolute Gasteiger partial charge is 0.457 e. The topological polar surface area (TPSA) is 78.1 Å². The Kier molecular flexibility index (Phi) is 4.97. The minimum absolute atomic E-state index is 0.0440. The molecule has 0 radical (unpaired) electrons. The molecule has 0 aliphatic heterocycles. The highest BCUT2D eigenvalue weighted by Gasteiger charge is 2.12. The lowest BCUT2D eigenvalue weighted by atomic mass is 10.0. The van der Waals surface area contributed by atoms with Crippen molar-refractivity contribution in [2.24, 2.45) is 5.73 Å². The van der Waals surface area contributed by atoms with Gasteiger partial charge in [0.25, 0.3) is 5.91 Å². The van der Waals surface area contributed by atoms with Crippen LogP contribution in [0.2, 0.25) is 0 Å². The van der Waals surface area contributed by atoms with E-state index in [0.717, 1.165) is 33.7 Å². The molecule has 4 rings (SSSR count). The molecule has 0 saturated heterocycles. The zero-order chi connectivity index (χ0) is 19.3. The van der Waals surface area contributed by atoms with Gasteiger partial charge in [0, 0.05) is 5.39 Å². The molecule has 0 aliphatic carbocycles. The fraction of sp³-hybridized carbons (Fsp3) is 0.0870. The first-order valence-electron chi connectivity index (χ1n) is 9.07. The molecule has 0 unspecified atom stereocenters. The number of carbonyl (C=O) groups excluding carboxylic acids is 1. The molecule has 0 atom stereocenters. The highest BCUT2D eigenvalue weighted by atomic mass is 16.5. The maximum absolute atomic E-state index is 11.6. The Labute approximate surface area is 162 Å². The molecule has 5 heteroatoms. The average Bonchev–Trinajstić information content (AvgIpc) is 2.73. The van der Waals surface area contributed by atoms with E-state index in [1.807, 2.05) is 78.9 Å². The van der Waals surface area contributed by atoms with Gasteiger partial charge in [0.15, 0.2) is 0 Å². The van der Waals surface area contributed by atoms with Gasteiger partial charge in [0.2, 0.25) is 5.82 Å². The van der Waals surface area contributed by atoms with Gasteiger partial charge in [-0.05, 0) is 42.7 Å². The number of hydrogen-bond acceptors (Lipinski definition) is 4. The van der Waals surface area contributed by atoms with Crippen molar-refractivity contribution >= 4 is 16.8 Å². The number of amides is 1. The molecule has 0 saturated carbocycles. The number of carbonyl (C=O) groups is 1. The molecule has 1 heterocycles. The molecule has 5 nitrogen and oxygen atoms in total. The van der Waals surface area contributed by atoms with Gasteiger partial charge >= 0.3 is 0 Å². The first-order chi connectivity index (χ1) is 13.7. The van der Waals surface area contributed by atoms with Crippen LogP contribution in [0.3, 0.4) is 0 Å². The highest BCUT2D eigenvalue weighted by molar-refractivity contribution is 5.92. The molecule has 0 fully saturated rings. The fourth-order valence-electron chi connectivity index (χ4n) is 3.12. The molecule has 4 aromatic rings. The highest BCUT2D eigenvalue weighted by Crippen LogP contribution is 2.27. The number of hydrogen-bond donors (Lipinski definition) is 1.